The average Bonchev–Trinajstić information content (AvgIpc) is 3.26. The molecule has 0 spiro atoms. The molecule has 4 rings (SSSR count). The molecule has 1 aromatic heterocycles. The van der Waals surface area contributed by atoms with Gasteiger partial charge >= 0.3 is 0 Å². The van der Waals surface area contributed by atoms with Crippen molar-refractivity contribution >= 4 is 21.8 Å². The molecule has 1 saturated heterocycles. The average molecular weight is 497 g/mol. The van der Waals surface area contributed by atoms with Crippen molar-refractivity contribution < 1.29 is 9.32 Å². The van der Waals surface area contributed by atoms with Crippen LogP contribution in [0.15, 0.2) is 57.5 Å². The Labute approximate surface area is 197 Å². The van der Waals surface area contributed by atoms with Gasteiger partial charge in [-0.15, -0.1) is 0 Å². The number of hydrogen-bond donors (Lipinski definition) is 1. The predicted molar refractivity (Wildman–Crippen MR) is 128 cm³/mol. The molecular weight excluding hydrogens is 468 g/mol. The number of nitrogens with one attached hydrogen (secondary N) is 1. The summed E-state index contributed by atoms with van der Waals surface area (Å²) < 4.78 is 6.44. The van der Waals surface area contributed by atoms with E-state index in [1.54, 1.807) is 0 Å². The Bertz CT molecular complexity index is 1030. The fourth-order valence-electron chi connectivity index (χ4n) is 4.07. The molecular formula is C25H29BrN4O2. The maximum absolute atomic E-state index is 12.7. The van der Waals surface area contributed by atoms with Gasteiger partial charge in [0.2, 0.25) is 17.6 Å². The zero-order chi connectivity index (χ0) is 22.3. The van der Waals surface area contributed by atoms with Crippen LogP contribution in [-0.2, 0) is 17.8 Å². The second-order valence-corrected chi connectivity index (χ2v) is 9.39. The van der Waals surface area contributed by atoms with Crippen molar-refractivity contribution in [3.63, 3.8) is 0 Å². The Morgan fingerprint density at radius 2 is 2.09 bits per heavy atom. The molecule has 1 aliphatic rings. The summed E-state index contributed by atoms with van der Waals surface area (Å²) >= 11 is 3.47. The Hall–Kier alpha value is -2.51. The third-order valence-corrected chi connectivity index (χ3v) is 6.34. The van der Waals surface area contributed by atoms with Gasteiger partial charge in [0.05, 0.1) is 12.5 Å². The maximum Gasteiger partial charge on any atom is 0.241 e. The van der Waals surface area contributed by atoms with Gasteiger partial charge in [0.15, 0.2) is 0 Å². The monoisotopic (exact) mass is 496 g/mol. The molecule has 32 heavy (non-hydrogen) atoms. The quantitative estimate of drug-likeness (QED) is 0.454. The molecule has 1 N–H and O–H groups in total. The van der Waals surface area contributed by atoms with E-state index in [0.717, 1.165) is 48.8 Å². The highest BCUT2D eigenvalue weighted by atomic mass is 79.9. The molecule has 7 heteroatoms. The van der Waals surface area contributed by atoms with Crippen LogP contribution in [0.5, 0.6) is 0 Å². The minimum atomic E-state index is 0.00981. The van der Waals surface area contributed by atoms with Gasteiger partial charge in [0.1, 0.15) is 0 Å². The van der Waals surface area contributed by atoms with Crippen molar-refractivity contribution in [2.45, 2.75) is 39.2 Å². The summed E-state index contributed by atoms with van der Waals surface area (Å²) in [5.74, 6) is 1.33. The number of amides is 1. The van der Waals surface area contributed by atoms with E-state index in [-0.39, 0.29) is 11.8 Å². The number of carbonyl (C=O) groups is 1. The number of piperidine rings is 1. The number of likely N-dealkylation sites (tertiary alicyclic amines) is 1. The maximum atomic E-state index is 12.7. The van der Waals surface area contributed by atoms with E-state index in [1.165, 1.54) is 11.1 Å². The van der Waals surface area contributed by atoms with Gasteiger partial charge in [-0.1, -0.05) is 63.0 Å². The topological polar surface area (TPSA) is 71.3 Å². The molecule has 0 saturated carbocycles. The standard InChI is InChI=1S/C25H29BrN4O2/c1-18-9-11-19(12-10-18)5-3-13-27-25(31)21-7-4-14-30(16-21)17-23-28-24(29-32-23)20-6-2-8-22(26)15-20/h2,6,8-12,15,21H,3-5,7,13-14,16-17H2,1H3,(H,27,31). The third-order valence-electron chi connectivity index (χ3n) is 5.85. The van der Waals surface area contributed by atoms with Gasteiger partial charge in [-0.05, 0) is 56.8 Å². The van der Waals surface area contributed by atoms with Gasteiger partial charge in [-0.2, -0.15) is 4.98 Å². The van der Waals surface area contributed by atoms with Crippen LogP contribution >= 0.6 is 15.9 Å². The Morgan fingerprint density at radius 1 is 1.25 bits per heavy atom. The highest BCUT2D eigenvalue weighted by Gasteiger charge is 2.26. The van der Waals surface area contributed by atoms with Crippen molar-refractivity contribution in [2.24, 2.45) is 5.92 Å². The Kier molecular flexibility index (Phi) is 7.71. The number of carbonyl (C=O) groups excluding carboxylic acids is 1. The van der Waals surface area contributed by atoms with Crippen molar-refractivity contribution in [1.82, 2.24) is 20.4 Å². The van der Waals surface area contributed by atoms with Gasteiger partial charge in [0.25, 0.3) is 0 Å². The normalized spacial score (nSPS) is 16.8. The number of halogens is 1. The first-order valence-electron chi connectivity index (χ1n) is 11.2. The van der Waals surface area contributed by atoms with Gasteiger partial charge in [0, 0.05) is 23.1 Å². The minimum Gasteiger partial charge on any atom is -0.356 e. The van der Waals surface area contributed by atoms with Gasteiger partial charge in [-0.25, -0.2) is 0 Å². The fraction of sp³-hybridized carbons (Fsp3) is 0.400. The summed E-state index contributed by atoms with van der Waals surface area (Å²) in [6.07, 6.45) is 3.85. The van der Waals surface area contributed by atoms with E-state index in [4.69, 9.17) is 4.52 Å². The van der Waals surface area contributed by atoms with Crippen LogP contribution in [0.1, 0.15) is 36.3 Å². The molecule has 0 bridgehead atoms. The summed E-state index contributed by atoms with van der Waals surface area (Å²) in [5, 5.41) is 7.24. The highest BCUT2D eigenvalue weighted by Crippen LogP contribution is 2.22. The van der Waals surface area contributed by atoms with Crippen molar-refractivity contribution in [2.75, 3.05) is 19.6 Å². The van der Waals surface area contributed by atoms with Crippen LogP contribution in [0.2, 0.25) is 0 Å². The molecule has 2 aromatic carbocycles. The number of aryl methyl sites for hydroxylation is 2. The molecule has 3 aromatic rings. The Morgan fingerprint density at radius 3 is 2.91 bits per heavy atom. The molecule has 1 fully saturated rings. The van der Waals surface area contributed by atoms with E-state index >= 15 is 0 Å². The van der Waals surface area contributed by atoms with Gasteiger partial charge < -0.3 is 9.84 Å². The number of rotatable bonds is 8. The first kappa shape index (κ1) is 22.7. The lowest BCUT2D eigenvalue weighted by atomic mass is 9.97. The first-order valence-corrected chi connectivity index (χ1v) is 12.0. The number of benzene rings is 2. The Balaban J connectivity index is 1.23. The zero-order valence-corrected chi connectivity index (χ0v) is 20.0. The molecule has 1 amide bonds. The number of aromatic nitrogens is 2. The summed E-state index contributed by atoms with van der Waals surface area (Å²) in [6, 6.07) is 16.4. The van der Waals surface area contributed by atoms with E-state index < -0.39 is 0 Å². The largest absolute Gasteiger partial charge is 0.356 e. The molecule has 1 aliphatic heterocycles. The summed E-state index contributed by atoms with van der Waals surface area (Å²) in [6.45, 7) is 5.03. The molecule has 6 nitrogen and oxygen atoms in total. The summed E-state index contributed by atoms with van der Waals surface area (Å²) in [5.41, 5.74) is 3.50. The van der Waals surface area contributed by atoms with Crippen LogP contribution in [-0.4, -0.2) is 40.6 Å². The first-order chi connectivity index (χ1) is 15.6. The highest BCUT2D eigenvalue weighted by molar-refractivity contribution is 9.10. The van der Waals surface area contributed by atoms with Crippen molar-refractivity contribution in [3.8, 4) is 11.4 Å². The number of hydrogen-bond acceptors (Lipinski definition) is 5. The van der Waals surface area contributed by atoms with E-state index in [0.29, 0.717) is 24.8 Å². The van der Waals surface area contributed by atoms with Crippen molar-refractivity contribution in [1.29, 1.82) is 0 Å². The van der Waals surface area contributed by atoms with Crippen molar-refractivity contribution in [3.05, 3.63) is 70.0 Å². The molecule has 2 heterocycles. The SMILES string of the molecule is Cc1ccc(CCCNC(=O)C2CCCN(Cc3nc(-c4cccc(Br)c4)no3)C2)cc1. The van der Waals surface area contributed by atoms with Crippen LogP contribution < -0.4 is 5.32 Å². The second kappa shape index (κ2) is 10.9. The van der Waals surface area contributed by atoms with Crippen LogP contribution in [0.25, 0.3) is 11.4 Å². The van der Waals surface area contributed by atoms with E-state index in [1.807, 2.05) is 24.3 Å². The second-order valence-electron chi connectivity index (χ2n) is 8.48. The predicted octanol–water partition coefficient (Wildman–Crippen LogP) is 4.77. The van der Waals surface area contributed by atoms with E-state index in [9.17, 15) is 4.79 Å². The van der Waals surface area contributed by atoms with E-state index in [2.05, 4.69) is 67.5 Å². The lowest BCUT2D eigenvalue weighted by Gasteiger charge is -2.30. The van der Waals surface area contributed by atoms with Crippen LogP contribution in [0.3, 0.4) is 0 Å². The van der Waals surface area contributed by atoms with Crippen LogP contribution in [0, 0.1) is 12.8 Å². The third kappa shape index (κ3) is 6.26. The molecule has 1 atom stereocenters. The lowest BCUT2D eigenvalue weighted by Crippen LogP contribution is -2.43. The molecule has 1 unspecified atom stereocenters. The molecule has 0 radical (unpaired) electrons. The summed E-state index contributed by atoms with van der Waals surface area (Å²) in [7, 11) is 0. The number of nitrogens with zero attached hydrogens (tertiary/aromatic N) is 3. The smallest absolute Gasteiger partial charge is 0.241 e. The molecule has 0 aliphatic carbocycles. The fourth-order valence-corrected chi connectivity index (χ4v) is 4.47. The zero-order valence-electron chi connectivity index (χ0n) is 18.4. The summed E-state index contributed by atoms with van der Waals surface area (Å²) in [4.78, 5) is 19.5. The van der Waals surface area contributed by atoms with Crippen LogP contribution in [0.4, 0.5) is 0 Å². The van der Waals surface area contributed by atoms with Gasteiger partial charge in [-0.3, -0.25) is 9.69 Å². The lowest BCUT2D eigenvalue weighted by molar-refractivity contribution is -0.126. The molecule has 168 valence electrons. The minimum absolute atomic E-state index is 0.00981.